The summed E-state index contributed by atoms with van der Waals surface area (Å²) in [5.41, 5.74) is 1.77. The van der Waals surface area contributed by atoms with Crippen LogP contribution in [0.3, 0.4) is 0 Å². The van der Waals surface area contributed by atoms with E-state index in [-0.39, 0.29) is 30.9 Å². The number of halogens is 1. The summed E-state index contributed by atoms with van der Waals surface area (Å²) >= 11 is 6.34. The largest absolute Gasteiger partial charge is 0.341 e. The van der Waals surface area contributed by atoms with Crippen LogP contribution >= 0.6 is 11.6 Å². The summed E-state index contributed by atoms with van der Waals surface area (Å²) in [7, 11) is 1.63. The average Bonchev–Trinajstić information content (AvgIpc) is 3.02. The molecule has 2 aliphatic rings. The number of carbonyl (C=O) groups is 3. The van der Waals surface area contributed by atoms with E-state index in [1.807, 2.05) is 19.9 Å². The lowest BCUT2D eigenvalue weighted by Gasteiger charge is -2.31. The maximum atomic E-state index is 13.2. The van der Waals surface area contributed by atoms with E-state index in [4.69, 9.17) is 11.6 Å². The Kier molecular flexibility index (Phi) is 6.47. The van der Waals surface area contributed by atoms with Crippen LogP contribution in [0.4, 0.5) is 4.79 Å². The summed E-state index contributed by atoms with van der Waals surface area (Å²) in [4.78, 5) is 43.3. The number of urea groups is 1. The molecule has 0 bridgehead atoms. The van der Waals surface area contributed by atoms with Gasteiger partial charge in [-0.15, -0.1) is 0 Å². The number of rotatable bonds is 7. The quantitative estimate of drug-likeness (QED) is 0.740. The van der Waals surface area contributed by atoms with Gasteiger partial charge in [0, 0.05) is 25.2 Å². The lowest BCUT2D eigenvalue weighted by atomic mass is 9.96. The molecule has 1 N–H and O–H groups in total. The van der Waals surface area contributed by atoms with Crippen molar-refractivity contribution in [3.8, 4) is 0 Å². The lowest BCUT2D eigenvalue weighted by Crippen LogP contribution is -2.45. The van der Waals surface area contributed by atoms with Gasteiger partial charge in [0.2, 0.25) is 5.91 Å². The molecule has 1 aromatic rings. The van der Waals surface area contributed by atoms with Crippen molar-refractivity contribution in [3.63, 3.8) is 0 Å². The van der Waals surface area contributed by atoms with Crippen LogP contribution in [-0.4, -0.2) is 65.8 Å². The molecule has 7 nitrogen and oxygen atoms in total. The van der Waals surface area contributed by atoms with Gasteiger partial charge in [-0.25, -0.2) is 4.79 Å². The molecule has 1 aromatic carbocycles. The topological polar surface area (TPSA) is 73.0 Å². The number of hydrogen-bond donors (Lipinski definition) is 1. The van der Waals surface area contributed by atoms with Crippen LogP contribution in [0.15, 0.2) is 35.5 Å². The van der Waals surface area contributed by atoms with Gasteiger partial charge in [0.15, 0.2) is 0 Å². The number of amides is 4. The summed E-state index contributed by atoms with van der Waals surface area (Å²) in [6, 6.07) is 6.23. The van der Waals surface area contributed by atoms with Crippen LogP contribution < -0.4 is 5.32 Å². The van der Waals surface area contributed by atoms with Gasteiger partial charge in [-0.3, -0.25) is 14.5 Å². The highest BCUT2D eigenvalue weighted by molar-refractivity contribution is 6.31. The zero-order chi connectivity index (χ0) is 21.1. The fourth-order valence-electron chi connectivity index (χ4n) is 3.86. The van der Waals surface area contributed by atoms with E-state index in [0.29, 0.717) is 34.9 Å². The van der Waals surface area contributed by atoms with E-state index in [1.54, 1.807) is 30.1 Å². The maximum Gasteiger partial charge on any atom is 0.322 e. The third kappa shape index (κ3) is 4.10. The van der Waals surface area contributed by atoms with Gasteiger partial charge in [-0.1, -0.05) is 43.6 Å². The average molecular weight is 419 g/mol. The summed E-state index contributed by atoms with van der Waals surface area (Å²) in [5, 5.41) is 3.34. The van der Waals surface area contributed by atoms with Gasteiger partial charge in [-0.05, 0) is 24.5 Å². The molecule has 3 rings (SSSR count). The Balaban J connectivity index is 1.86. The molecule has 0 aliphatic carbocycles. The molecule has 0 radical (unpaired) electrons. The molecule has 0 spiro atoms. The first-order valence-electron chi connectivity index (χ1n) is 9.97. The summed E-state index contributed by atoms with van der Waals surface area (Å²) in [6.45, 7) is 5.63. The van der Waals surface area contributed by atoms with Gasteiger partial charge in [0.1, 0.15) is 6.54 Å². The zero-order valence-corrected chi connectivity index (χ0v) is 17.8. The second-order valence-corrected chi connectivity index (χ2v) is 7.77. The number of nitrogens with zero attached hydrogens (tertiary/aromatic N) is 3. The van der Waals surface area contributed by atoms with Crippen molar-refractivity contribution in [1.82, 2.24) is 20.0 Å². The standard InChI is InChI=1S/C21H27ClN4O3/c1-4-10-25(11-5-2)17(27)13-26-12-16-18(20(26)28)19(23-21(29)24(16)3)14-8-6-7-9-15(14)22/h6-9,19H,4-5,10-13H2,1-3H3,(H,23,29)/t19-/m1/s1. The molecule has 29 heavy (non-hydrogen) atoms. The van der Waals surface area contributed by atoms with Gasteiger partial charge >= 0.3 is 6.03 Å². The highest BCUT2D eigenvalue weighted by Crippen LogP contribution is 2.37. The molecule has 0 unspecified atom stereocenters. The van der Waals surface area contributed by atoms with E-state index in [0.717, 1.165) is 12.8 Å². The van der Waals surface area contributed by atoms with Crippen LogP contribution in [0.25, 0.3) is 0 Å². The monoisotopic (exact) mass is 418 g/mol. The molecule has 156 valence electrons. The molecule has 1 atom stereocenters. The molecular formula is C21H27ClN4O3. The van der Waals surface area contributed by atoms with E-state index in [9.17, 15) is 14.4 Å². The second-order valence-electron chi connectivity index (χ2n) is 7.37. The number of nitrogens with one attached hydrogen (secondary N) is 1. The predicted octanol–water partition coefficient (Wildman–Crippen LogP) is 2.78. The first kappa shape index (κ1) is 21.2. The Bertz CT molecular complexity index is 848. The third-order valence-electron chi connectivity index (χ3n) is 5.32. The van der Waals surface area contributed by atoms with Crippen molar-refractivity contribution in [3.05, 3.63) is 46.1 Å². The summed E-state index contributed by atoms with van der Waals surface area (Å²) < 4.78 is 0. The Hall–Kier alpha value is -2.54. The van der Waals surface area contributed by atoms with Crippen molar-refractivity contribution >= 4 is 29.4 Å². The Morgan fingerprint density at radius 1 is 1.21 bits per heavy atom. The Labute approximate surface area is 176 Å². The van der Waals surface area contributed by atoms with Crippen molar-refractivity contribution in [1.29, 1.82) is 0 Å². The van der Waals surface area contributed by atoms with Crippen LogP contribution in [-0.2, 0) is 9.59 Å². The molecule has 0 saturated carbocycles. The highest BCUT2D eigenvalue weighted by Gasteiger charge is 2.44. The van der Waals surface area contributed by atoms with E-state index in [2.05, 4.69) is 5.32 Å². The van der Waals surface area contributed by atoms with Crippen LogP contribution in [0.5, 0.6) is 0 Å². The van der Waals surface area contributed by atoms with E-state index >= 15 is 0 Å². The molecule has 2 aliphatic heterocycles. The Morgan fingerprint density at radius 2 is 1.86 bits per heavy atom. The van der Waals surface area contributed by atoms with E-state index < -0.39 is 6.04 Å². The van der Waals surface area contributed by atoms with Gasteiger partial charge in [0.05, 0.1) is 23.9 Å². The normalized spacial score (nSPS) is 18.8. The number of hydrogen-bond acceptors (Lipinski definition) is 3. The lowest BCUT2D eigenvalue weighted by molar-refractivity contribution is -0.137. The fraction of sp³-hybridized carbons (Fsp3) is 0.476. The fourth-order valence-corrected chi connectivity index (χ4v) is 4.10. The molecule has 8 heteroatoms. The second kappa shape index (κ2) is 8.86. The number of carbonyl (C=O) groups excluding carboxylic acids is 3. The predicted molar refractivity (Wildman–Crippen MR) is 111 cm³/mol. The van der Waals surface area contributed by atoms with Gasteiger partial charge in [0.25, 0.3) is 5.91 Å². The van der Waals surface area contributed by atoms with Crippen molar-refractivity contribution in [2.24, 2.45) is 0 Å². The third-order valence-corrected chi connectivity index (χ3v) is 5.66. The zero-order valence-electron chi connectivity index (χ0n) is 17.1. The minimum Gasteiger partial charge on any atom is -0.341 e. The van der Waals surface area contributed by atoms with Gasteiger partial charge < -0.3 is 15.1 Å². The smallest absolute Gasteiger partial charge is 0.322 e. The molecule has 4 amide bonds. The summed E-state index contributed by atoms with van der Waals surface area (Å²) in [6.07, 6.45) is 1.73. The number of benzene rings is 1. The molecule has 2 heterocycles. The highest BCUT2D eigenvalue weighted by atomic mass is 35.5. The van der Waals surface area contributed by atoms with Crippen molar-refractivity contribution < 1.29 is 14.4 Å². The molecular weight excluding hydrogens is 392 g/mol. The number of likely N-dealkylation sites (N-methyl/N-ethyl adjacent to an activating group) is 1. The minimum absolute atomic E-state index is 0.00308. The van der Waals surface area contributed by atoms with Crippen LogP contribution in [0.2, 0.25) is 5.02 Å². The SMILES string of the molecule is CCCN(CCC)C(=O)CN1CC2=C(C1=O)[C@@H](c1ccccc1Cl)NC(=O)N2C. The van der Waals surface area contributed by atoms with E-state index in [1.165, 1.54) is 9.80 Å². The maximum absolute atomic E-state index is 13.2. The van der Waals surface area contributed by atoms with Gasteiger partial charge in [-0.2, -0.15) is 0 Å². The first-order valence-corrected chi connectivity index (χ1v) is 10.4. The molecule has 0 fully saturated rings. The van der Waals surface area contributed by atoms with Crippen LogP contribution in [0, 0.1) is 0 Å². The Morgan fingerprint density at radius 3 is 2.48 bits per heavy atom. The molecule has 0 saturated heterocycles. The van der Waals surface area contributed by atoms with Crippen molar-refractivity contribution in [2.75, 3.05) is 33.2 Å². The summed E-state index contributed by atoms with van der Waals surface area (Å²) in [5.74, 6) is -0.309. The van der Waals surface area contributed by atoms with Crippen molar-refractivity contribution in [2.45, 2.75) is 32.7 Å². The first-order chi connectivity index (χ1) is 13.9. The molecule has 0 aromatic heterocycles. The van der Waals surface area contributed by atoms with Crippen LogP contribution in [0.1, 0.15) is 38.3 Å². The minimum atomic E-state index is -0.627.